The van der Waals surface area contributed by atoms with Crippen molar-refractivity contribution in [1.29, 1.82) is 0 Å². The molecule has 17 heavy (non-hydrogen) atoms. The highest BCUT2D eigenvalue weighted by atomic mass is 35.8. The van der Waals surface area contributed by atoms with Gasteiger partial charge >= 0.3 is 6.00 Å². The van der Waals surface area contributed by atoms with Crippen LogP contribution in [0.3, 0.4) is 0 Å². The highest BCUT2D eigenvalue weighted by Gasteiger charge is 2.23. The number of hydrogen-bond donors (Lipinski definition) is 0. The van der Waals surface area contributed by atoms with Gasteiger partial charge in [-0.2, -0.15) is 0 Å². The standard InChI is InChI=1S/C11H15Cl3O2Si/c12-17(13,14)10-4-7-15-8-9-16-11-5-2-1-3-6-11/h1-3,5-6H,4,7-10H2. The van der Waals surface area contributed by atoms with Gasteiger partial charge < -0.3 is 9.47 Å². The van der Waals surface area contributed by atoms with Gasteiger partial charge in [-0.3, -0.25) is 0 Å². The van der Waals surface area contributed by atoms with Crippen molar-refractivity contribution in [3.63, 3.8) is 0 Å². The Labute approximate surface area is 117 Å². The van der Waals surface area contributed by atoms with Gasteiger partial charge in [0.05, 0.1) is 6.61 Å². The molecule has 2 nitrogen and oxygen atoms in total. The van der Waals surface area contributed by atoms with Gasteiger partial charge in [-0.15, -0.1) is 33.2 Å². The molecule has 0 aliphatic heterocycles. The van der Waals surface area contributed by atoms with Gasteiger partial charge in [-0.05, 0) is 24.6 Å². The number of halogens is 3. The number of ether oxygens (including phenoxy) is 2. The van der Waals surface area contributed by atoms with Crippen LogP contribution in [0.1, 0.15) is 6.42 Å². The third kappa shape index (κ3) is 8.75. The minimum absolute atomic E-state index is 0.537. The zero-order chi connectivity index (χ0) is 12.6. The van der Waals surface area contributed by atoms with Crippen molar-refractivity contribution < 1.29 is 9.47 Å². The van der Waals surface area contributed by atoms with Gasteiger partial charge in [0.15, 0.2) is 0 Å². The Hall–Kier alpha value is 0.0669. The van der Waals surface area contributed by atoms with Crippen LogP contribution in [-0.2, 0) is 4.74 Å². The summed E-state index contributed by atoms with van der Waals surface area (Å²) >= 11 is 17.2. The van der Waals surface area contributed by atoms with Gasteiger partial charge in [0.1, 0.15) is 12.4 Å². The number of rotatable bonds is 8. The van der Waals surface area contributed by atoms with E-state index in [0.717, 1.165) is 12.2 Å². The van der Waals surface area contributed by atoms with Crippen molar-refractivity contribution in [2.24, 2.45) is 0 Å². The first-order chi connectivity index (χ1) is 8.08. The Bertz CT molecular complexity index is 303. The largest absolute Gasteiger partial charge is 0.491 e. The Balaban J connectivity index is 1.95. The second kappa shape index (κ2) is 8.22. The molecule has 6 heteroatoms. The summed E-state index contributed by atoms with van der Waals surface area (Å²) in [5.41, 5.74) is 0. The molecule has 1 aromatic carbocycles. The van der Waals surface area contributed by atoms with Gasteiger partial charge in [-0.1, -0.05) is 18.2 Å². The molecular weight excluding hydrogens is 299 g/mol. The molecule has 0 bridgehead atoms. The molecule has 0 spiro atoms. The lowest BCUT2D eigenvalue weighted by molar-refractivity contribution is 0.101. The van der Waals surface area contributed by atoms with Crippen LogP contribution in [-0.4, -0.2) is 25.8 Å². The smallest absolute Gasteiger partial charge is 0.341 e. The van der Waals surface area contributed by atoms with E-state index in [1.165, 1.54) is 0 Å². The van der Waals surface area contributed by atoms with Crippen LogP contribution in [0.2, 0.25) is 6.04 Å². The summed E-state index contributed by atoms with van der Waals surface area (Å²) in [5.74, 6) is 0.852. The van der Waals surface area contributed by atoms with E-state index in [0.29, 0.717) is 25.9 Å². The first-order valence-electron chi connectivity index (χ1n) is 5.40. The third-order valence-corrected chi connectivity index (χ3v) is 4.61. The summed E-state index contributed by atoms with van der Waals surface area (Å²) in [6, 6.07) is 7.80. The molecular formula is C11H15Cl3O2Si. The molecule has 0 heterocycles. The highest BCUT2D eigenvalue weighted by molar-refractivity contribution is 7.64. The summed E-state index contributed by atoms with van der Waals surface area (Å²) < 4.78 is 10.8. The molecule has 0 radical (unpaired) electrons. The maximum absolute atomic E-state index is 5.74. The minimum atomic E-state index is -2.47. The van der Waals surface area contributed by atoms with Gasteiger partial charge in [0.2, 0.25) is 0 Å². The number of para-hydroxylation sites is 1. The van der Waals surface area contributed by atoms with Crippen molar-refractivity contribution in [1.82, 2.24) is 0 Å². The lowest BCUT2D eigenvalue weighted by Gasteiger charge is -2.08. The van der Waals surface area contributed by atoms with Crippen LogP contribution in [0.5, 0.6) is 5.75 Å². The molecule has 0 saturated heterocycles. The average Bonchev–Trinajstić information content (AvgIpc) is 2.28. The van der Waals surface area contributed by atoms with Crippen molar-refractivity contribution in [3.8, 4) is 5.75 Å². The number of hydrogen-bond acceptors (Lipinski definition) is 2. The first kappa shape index (κ1) is 15.1. The summed E-state index contributed by atoms with van der Waals surface area (Å²) in [6.07, 6.45) is 0.786. The Kier molecular flexibility index (Phi) is 7.31. The number of benzene rings is 1. The molecule has 0 saturated carbocycles. The molecule has 0 aliphatic rings. The second-order valence-corrected chi connectivity index (χ2v) is 12.8. The molecule has 0 atom stereocenters. The topological polar surface area (TPSA) is 18.5 Å². The van der Waals surface area contributed by atoms with E-state index in [1.807, 2.05) is 30.3 Å². The normalized spacial score (nSPS) is 11.5. The molecule has 0 unspecified atom stereocenters. The average molecular weight is 314 g/mol. The summed E-state index contributed by atoms with van der Waals surface area (Å²) in [4.78, 5) is 0. The maximum Gasteiger partial charge on any atom is 0.341 e. The van der Waals surface area contributed by atoms with Crippen LogP contribution in [0, 0.1) is 0 Å². The molecule has 0 aromatic heterocycles. The SMILES string of the molecule is Cl[Si](Cl)(Cl)CCCOCCOc1ccccc1. The van der Waals surface area contributed by atoms with E-state index >= 15 is 0 Å². The van der Waals surface area contributed by atoms with Crippen LogP contribution >= 0.6 is 33.2 Å². The predicted octanol–water partition coefficient (Wildman–Crippen LogP) is 4.13. The van der Waals surface area contributed by atoms with Gasteiger partial charge in [-0.25, -0.2) is 0 Å². The van der Waals surface area contributed by atoms with Crippen molar-refractivity contribution in [3.05, 3.63) is 30.3 Å². The van der Waals surface area contributed by atoms with Gasteiger partial charge in [0.25, 0.3) is 0 Å². The van der Waals surface area contributed by atoms with Gasteiger partial charge in [0, 0.05) is 6.61 Å². The quantitative estimate of drug-likeness (QED) is 0.408. The van der Waals surface area contributed by atoms with Crippen molar-refractivity contribution in [2.45, 2.75) is 12.5 Å². The van der Waals surface area contributed by atoms with E-state index in [9.17, 15) is 0 Å². The molecule has 0 amide bonds. The van der Waals surface area contributed by atoms with E-state index in [1.54, 1.807) is 0 Å². The zero-order valence-corrected chi connectivity index (χ0v) is 12.6. The Morgan fingerprint density at radius 1 is 0.941 bits per heavy atom. The fourth-order valence-corrected chi connectivity index (χ4v) is 2.96. The Morgan fingerprint density at radius 3 is 2.29 bits per heavy atom. The zero-order valence-electron chi connectivity index (χ0n) is 9.37. The molecule has 1 aromatic rings. The second-order valence-electron chi connectivity index (χ2n) is 3.49. The van der Waals surface area contributed by atoms with E-state index in [4.69, 9.17) is 42.7 Å². The van der Waals surface area contributed by atoms with E-state index in [-0.39, 0.29) is 0 Å². The molecule has 0 N–H and O–H groups in total. The van der Waals surface area contributed by atoms with Crippen LogP contribution < -0.4 is 4.74 Å². The van der Waals surface area contributed by atoms with Crippen LogP contribution in [0.4, 0.5) is 0 Å². The summed E-state index contributed by atoms with van der Waals surface area (Å²) in [7, 11) is 0. The monoisotopic (exact) mass is 312 g/mol. The highest BCUT2D eigenvalue weighted by Crippen LogP contribution is 2.26. The molecule has 96 valence electrons. The molecule has 0 aliphatic carbocycles. The summed E-state index contributed by atoms with van der Waals surface area (Å²) in [5, 5.41) is 0. The van der Waals surface area contributed by atoms with E-state index < -0.39 is 6.00 Å². The first-order valence-corrected chi connectivity index (χ1v) is 10.6. The lowest BCUT2D eigenvalue weighted by Crippen LogP contribution is -2.12. The van der Waals surface area contributed by atoms with Crippen molar-refractivity contribution in [2.75, 3.05) is 19.8 Å². The van der Waals surface area contributed by atoms with Crippen molar-refractivity contribution >= 4 is 39.2 Å². The Morgan fingerprint density at radius 2 is 1.65 bits per heavy atom. The van der Waals surface area contributed by atoms with Crippen LogP contribution in [0.25, 0.3) is 0 Å². The molecule has 1 rings (SSSR count). The fourth-order valence-electron chi connectivity index (χ4n) is 1.21. The predicted molar refractivity (Wildman–Crippen MR) is 75.5 cm³/mol. The minimum Gasteiger partial charge on any atom is -0.491 e. The van der Waals surface area contributed by atoms with E-state index in [2.05, 4.69) is 0 Å². The van der Waals surface area contributed by atoms with Crippen LogP contribution in [0.15, 0.2) is 30.3 Å². The molecule has 0 fully saturated rings. The summed E-state index contributed by atoms with van der Waals surface area (Å²) in [6.45, 7) is 1.70. The maximum atomic E-state index is 5.74. The third-order valence-electron chi connectivity index (χ3n) is 1.99. The fraction of sp³-hybridized carbons (Fsp3) is 0.455. The lowest BCUT2D eigenvalue weighted by atomic mass is 10.3.